The predicted octanol–water partition coefficient (Wildman–Crippen LogP) is 1.75. The number of rotatable bonds is 1. The van der Waals surface area contributed by atoms with Crippen LogP contribution in [0.4, 0.5) is 10.1 Å². The molecule has 2 nitrogen and oxygen atoms in total. The number of benzene rings is 1. The van der Waals surface area contributed by atoms with E-state index >= 15 is 0 Å². The lowest BCUT2D eigenvalue weighted by molar-refractivity contribution is 0.383. The van der Waals surface area contributed by atoms with Crippen LogP contribution < -0.4 is 11.1 Å². The van der Waals surface area contributed by atoms with Crippen LogP contribution in [0.5, 0.6) is 0 Å². The van der Waals surface area contributed by atoms with Crippen molar-refractivity contribution in [2.75, 3.05) is 12.3 Å². The second kappa shape index (κ2) is 3.00. The van der Waals surface area contributed by atoms with E-state index in [0.717, 1.165) is 29.8 Å². The fourth-order valence-electron chi connectivity index (χ4n) is 1.62. The molecule has 0 radical (unpaired) electrons. The van der Waals surface area contributed by atoms with E-state index in [9.17, 15) is 4.39 Å². The summed E-state index contributed by atoms with van der Waals surface area (Å²) in [4.78, 5) is 0. The Balaban J connectivity index is 2.42. The average Bonchev–Trinajstić information content (AvgIpc) is 1.95. The first kappa shape index (κ1) is 8.51. The van der Waals surface area contributed by atoms with E-state index in [-0.39, 0.29) is 11.9 Å². The van der Waals surface area contributed by atoms with Crippen LogP contribution in [0.2, 0.25) is 0 Å². The lowest BCUT2D eigenvalue weighted by atomic mass is 9.94. The van der Waals surface area contributed by atoms with Crippen LogP contribution in [0, 0.1) is 12.7 Å². The summed E-state index contributed by atoms with van der Waals surface area (Å²) < 4.78 is 13.0. The zero-order chi connectivity index (χ0) is 9.42. The summed E-state index contributed by atoms with van der Waals surface area (Å²) in [5.74, 6) is -0.199. The highest BCUT2D eigenvalue weighted by molar-refractivity contribution is 5.55. The molecule has 0 bridgehead atoms. The fraction of sp³-hybridized carbons (Fsp3) is 0.400. The van der Waals surface area contributed by atoms with Crippen molar-refractivity contribution in [2.45, 2.75) is 19.4 Å². The van der Waals surface area contributed by atoms with Gasteiger partial charge in [-0.3, -0.25) is 0 Å². The van der Waals surface area contributed by atoms with Crippen molar-refractivity contribution in [1.29, 1.82) is 0 Å². The summed E-state index contributed by atoms with van der Waals surface area (Å²) in [6.45, 7) is 2.83. The highest BCUT2D eigenvalue weighted by Gasteiger charge is 2.21. The Morgan fingerprint density at radius 2 is 2.23 bits per heavy atom. The maximum absolute atomic E-state index is 13.0. The van der Waals surface area contributed by atoms with Crippen molar-refractivity contribution >= 4 is 5.69 Å². The quantitative estimate of drug-likeness (QED) is 0.646. The average molecular weight is 180 g/mol. The highest BCUT2D eigenvalue weighted by Crippen LogP contribution is 2.30. The second-order valence-corrected chi connectivity index (χ2v) is 3.52. The first-order valence-corrected chi connectivity index (χ1v) is 4.47. The summed E-state index contributed by atoms with van der Waals surface area (Å²) in [5, 5.41) is 3.21. The van der Waals surface area contributed by atoms with Gasteiger partial charge in [0.25, 0.3) is 0 Å². The maximum atomic E-state index is 13.0. The van der Waals surface area contributed by atoms with Crippen molar-refractivity contribution in [3.8, 4) is 0 Å². The van der Waals surface area contributed by atoms with Gasteiger partial charge in [0.15, 0.2) is 0 Å². The molecule has 13 heavy (non-hydrogen) atoms. The minimum atomic E-state index is -0.199. The van der Waals surface area contributed by atoms with Gasteiger partial charge in [-0.05, 0) is 43.1 Å². The third kappa shape index (κ3) is 1.40. The van der Waals surface area contributed by atoms with E-state index < -0.39 is 0 Å². The number of halogens is 1. The number of anilines is 1. The van der Waals surface area contributed by atoms with E-state index in [1.54, 1.807) is 0 Å². The van der Waals surface area contributed by atoms with Gasteiger partial charge >= 0.3 is 0 Å². The summed E-state index contributed by atoms with van der Waals surface area (Å²) in [6.07, 6.45) is 1.05. The Kier molecular flexibility index (Phi) is 1.96. The Hall–Kier alpha value is -1.09. The van der Waals surface area contributed by atoms with Gasteiger partial charge in [-0.15, -0.1) is 0 Å². The third-order valence-corrected chi connectivity index (χ3v) is 2.58. The number of nitrogens with two attached hydrogens (primary N) is 1. The largest absolute Gasteiger partial charge is 0.398 e. The second-order valence-electron chi connectivity index (χ2n) is 3.52. The van der Waals surface area contributed by atoms with Crippen molar-refractivity contribution in [1.82, 2.24) is 5.32 Å². The lowest BCUT2D eigenvalue weighted by Gasteiger charge is -2.29. The first-order chi connectivity index (χ1) is 6.18. The molecule has 1 aliphatic heterocycles. The fourth-order valence-corrected chi connectivity index (χ4v) is 1.62. The van der Waals surface area contributed by atoms with Gasteiger partial charge in [0, 0.05) is 11.7 Å². The number of nitrogens with one attached hydrogen (secondary N) is 1. The van der Waals surface area contributed by atoms with Crippen LogP contribution in [-0.4, -0.2) is 6.54 Å². The minimum Gasteiger partial charge on any atom is -0.398 e. The van der Waals surface area contributed by atoms with E-state index in [1.807, 2.05) is 6.92 Å². The molecule has 1 unspecified atom stereocenters. The molecule has 0 spiro atoms. The van der Waals surface area contributed by atoms with Crippen LogP contribution in [0.1, 0.15) is 23.6 Å². The van der Waals surface area contributed by atoms with Crippen LogP contribution in [0.25, 0.3) is 0 Å². The summed E-state index contributed by atoms with van der Waals surface area (Å²) in [6, 6.07) is 3.26. The zero-order valence-electron chi connectivity index (χ0n) is 7.60. The highest BCUT2D eigenvalue weighted by atomic mass is 19.1. The zero-order valence-corrected chi connectivity index (χ0v) is 7.60. The molecule has 0 saturated carbocycles. The van der Waals surface area contributed by atoms with Gasteiger partial charge in [0.2, 0.25) is 0 Å². The van der Waals surface area contributed by atoms with Gasteiger partial charge in [-0.2, -0.15) is 0 Å². The van der Waals surface area contributed by atoms with Crippen molar-refractivity contribution < 1.29 is 4.39 Å². The molecule has 1 aliphatic rings. The molecule has 0 aromatic heterocycles. The van der Waals surface area contributed by atoms with E-state index in [0.29, 0.717) is 0 Å². The van der Waals surface area contributed by atoms with Crippen LogP contribution in [-0.2, 0) is 0 Å². The van der Waals surface area contributed by atoms with Gasteiger partial charge in [-0.25, -0.2) is 4.39 Å². The normalized spacial score (nSPS) is 21.2. The number of hydrogen-bond acceptors (Lipinski definition) is 2. The maximum Gasteiger partial charge on any atom is 0.123 e. The molecule has 70 valence electrons. The summed E-state index contributed by atoms with van der Waals surface area (Å²) >= 11 is 0. The molecule has 1 fully saturated rings. The van der Waals surface area contributed by atoms with Gasteiger partial charge in [0.05, 0.1) is 0 Å². The number of nitrogen functional groups attached to an aromatic ring is 1. The monoisotopic (exact) mass is 180 g/mol. The van der Waals surface area contributed by atoms with E-state index in [1.165, 1.54) is 12.1 Å². The topological polar surface area (TPSA) is 38.0 Å². The molecule has 1 aromatic rings. The van der Waals surface area contributed by atoms with Crippen molar-refractivity contribution in [3.05, 3.63) is 29.1 Å². The molecular weight excluding hydrogens is 167 g/mol. The molecule has 1 saturated heterocycles. The van der Waals surface area contributed by atoms with Crippen molar-refractivity contribution in [2.24, 2.45) is 0 Å². The molecular formula is C10H13FN2. The Morgan fingerprint density at radius 3 is 2.77 bits per heavy atom. The molecule has 0 amide bonds. The summed E-state index contributed by atoms with van der Waals surface area (Å²) in [7, 11) is 0. The smallest absolute Gasteiger partial charge is 0.123 e. The summed E-state index contributed by atoms with van der Waals surface area (Å²) in [5.41, 5.74) is 8.31. The number of aryl methyl sites for hydroxylation is 1. The molecule has 1 atom stereocenters. The van der Waals surface area contributed by atoms with Gasteiger partial charge in [0.1, 0.15) is 5.82 Å². The molecule has 3 heteroatoms. The molecule has 0 aliphatic carbocycles. The van der Waals surface area contributed by atoms with Crippen molar-refractivity contribution in [3.63, 3.8) is 0 Å². The van der Waals surface area contributed by atoms with Crippen LogP contribution in [0.15, 0.2) is 12.1 Å². The molecule has 3 N–H and O–H groups in total. The Morgan fingerprint density at radius 1 is 1.54 bits per heavy atom. The number of hydrogen-bond donors (Lipinski definition) is 2. The SMILES string of the molecule is Cc1cc(F)cc(C2CCN2)c1N. The third-order valence-electron chi connectivity index (χ3n) is 2.58. The van der Waals surface area contributed by atoms with E-state index in [2.05, 4.69) is 5.32 Å². The lowest BCUT2D eigenvalue weighted by Crippen LogP contribution is -2.35. The minimum absolute atomic E-state index is 0.199. The first-order valence-electron chi connectivity index (χ1n) is 4.47. The molecule has 1 aromatic carbocycles. The van der Waals surface area contributed by atoms with Crippen LogP contribution in [0.3, 0.4) is 0 Å². The standard InChI is InChI=1S/C10H13FN2/c1-6-4-7(11)5-8(10(6)12)9-2-3-13-9/h4-5,9,13H,2-3,12H2,1H3. The van der Waals surface area contributed by atoms with Gasteiger partial charge in [-0.1, -0.05) is 0 Å². The molecule has 2 rings (SSSR count). The Bertz CT molecular complexity index is 332. The Labute approximate surface area is 76.9 Å². The van der Waals surface area contributed by atoms with E-state index in [4.69, 9.17) is 5.73 Å². The molecule has 1 heterocycles. The predicted molar refractivity (Wildman–Crippen MR) is 50.9 cm³/mol. The van der Waals surface area contributed by atoms with Gasteiger partial charge < -0.3 is 11.1 Å². The van der Waals surface area contributed by atoms with Crippen LogP contribution >= 0.6 is 0 Å².